The van der Waals surface area contributed by atoms with E-state index in [1.54, 1.807) is 11.3 Å². The van der Waals surface area contributed by atoms with E-state index in [-0.39, 0.29) is 0 Å². The first-order valence-corrected chi connectivity index (χ1v) is 7.02. The van der Waals surface area contributed by atoms with Crippen molar-refractivity contribution in [2.75, 3.05) is 6.61 Å². The molecule has 2 atom stereocenters. The third kappa shape index (κ3) is 2.52. The maximum Gasteiger partial charge on any atom is 0.110 e. The van der Waals surface area contributed by atoms with Crippen LogP contribution in [0.4, 0.5) is 0 Å². The van der Waals surface area contributed by atoms with E-state index in [1.807, 2.05) is 12.1 Å². The zero-order valence-corrected chi connectivity index (χ0v) is 10.5. The van der Waals surface area contributed by atoms with Crippen molar-refractivity contribution in [1.29, 1.82) is 5.26 Å². The Morgan fingerprint density at radius 2 is 2.29 bits per heavy atom. The van der Waals surface area contributed by atoms with Gasteiger partial charge in [-0.1, -0.05) is 0 Å². The molecule has 3 nitrogen and oxygen atoms in total. The largest absolute Gasteiger partial charge is 0.376 e. The predicted octanol–water partition coefficient (Wildman–Crippen LogP) is 2.28. The number of nitriles is 1. The van der Waals surface area contributed by atoms with Crippen LogP contribution < -0.4 is 5.32 Å². The van der Waals surface area contributed by atoms with Crippen molar-refractivity contribution in [2.24, 2.45) is 5.92 Å². The Morgan fingerprint density at radius 3 is 3.00 bits per heavy atom. The number of nitrogens with one attached hydrogen (secondary N) is 1. The van der Waals surface area contributed by atoms with Gasteiger partial charge in [-0.05, 0) is 37.3 Å². The molecule has 1 aliphatic heterocycles. The van der Waals surface area contributed by atoms with Crippen LogP contribution >= 0.6 is 11.3 Å². The van der Waals surface area contributed by atoms with Gasteiger partial charge in [0.2, 0.25) is 0 Å². The lowest BCUT2D eigenvalue weighted by Crippen LogP contribution is -2.36. The Morgan fingerprint density at radius 1 is 1.41 bits per heavy atom. The summed E-state index contributed by atoms with van der Waals surface area (Å²) in [4.78, 5) is 2.03. The monoisotopic (exact) mass is 248 g/mol. The smallest absolute Gasteiger partial charge is 0.110 e. The van der Waals surface area contributed by atoms with Gasteiger partial charge >= 0.3 is 0 Å². The number of nitrogens with zero attached hydrogens (tertiary/aromatic N) is 1. The summed E-state index contributed by atoms with van der Waals surface area (Å²) < 4.78 is 5.79. The lowest BCUT2D eigenvalue weighted by atomic mass is 10.1. The standard InChI is InChI=1S/C13H16N2OS/c14-7-10-3-4-11(17-10)8-15-12-5-6-16-13(12)9-1-2-9/h3-4,9,12-13,15H,1-2,5-6,8H2. The Balaban J connectivity index is 1.54. The summed E-state index contributed by atoms with van der Waals surface area (Å²) in [7, 11) is 0. The minimum atomic E-state index is 0.436. The first-order valence-electron chi connectivity index (χ1n) is 6.20. The fourth-order valence-electron chi connectivity index (χ4n) is 2.48. The highest BCUT2D eigenvalue weighted by Gasteiger charge is 2.40. The molecule has 1 N–H and O–H groups in total. The molecule has 1 saturated heterocycles. The fraction of sp³-hybridized carbons (Fsp3) is 0.615. The second-order valence-corrected chi connectivity index (χ2v) is 5.99. The second kappa shape index (κ2) is 4.77. The van der Waals surface area contributed by atoms with Crippen molar-refractivity contribution in [3.8, 4) is 6.07 Å². The topological polar surface area (TPSA) is 45.0 Å². The third-order valence-corrected chi connectivity index (χ3v) is 4.52. The predicted molar refractivity (Wildman–Crippen MR) is 66.7 cm³/mol. The van der Waals surface area contributed by atoms with Gasteiger partial charge < -0.3 is 10.1 Å². The van der Waals surface area contributed by atoms with Crippen LogP contribution in [0.3, 0.4) is 0 Å². The second-order valence-electron chi connectivity index (χ2n) is 4.83. The van der Waals surface area contributed by atoms with Crippen molar-refractivity contribution in [3.63, 3.8) is 0 Å². The first-order chi connectivity index (χ1) is 8.36. The summed E-state index contributed by atoms with van der Waals surface area (Å²) in [5, 5.41) is 12.4. The Labute approximate surface area is 105 Å². The van der Waals surface area contributed by atoms with Crippen molar-refractivity contribution in [3.05, 3.63) is 21.9 Å². The average molecular weight is 248 g/mol. The highest BCUT2D eigenvalue weighted by molar-refractivity contribution is 7.12. The number of thiophene rings is 1. The van der Waals surface area contributed by atoms with Crippen LogP contribution in [0.5, 0.6) is 0 Å². The van der Waals surface area contributed by atoms with Gasteiger partial charge in [0.25, 0.3) is 0 Å². The Kier molecular flexibility index (Phi) is 3.15. The zero-order chi connectivity index (χ0) is 11.7. The van der Waals surface area contributed by atoms with Gasteiger partial charge in [0.1, 0.15) is 10.9 Å². The zero-order valence-electron chi connectivity index (χ0n) is 9.69. The maximum atomic E-state index is 8.77. The highest BCUT2D eigenvalue weighted by Crippen LogP contribution is 2.38. The van der Waals surface area contributed by atoms with E-state index in [9.17, 15) is 0 Å². The van der Waals surface area contributed by atoms with Crippen LogP contribution in [0, 0.1) is 17.2 Å². The average Bonchev–Trinajstić information content (AvgIpc) is 2.93. The third-order valence-electron chi connectivity index (χ3n) is 3.53. The first kappa shape index (κ1) is 11.2. The molecule has 1 saturated carbocycles. The Hall–Kier alpha value is -0.890. The van der Waals surface area contributed by atoms with Gasteiger partial charge in [-0.15, -0.1) is 11.3 Å². The lowest BCUT2D eigenvalue weighted by molar-refractivity contribution is 0.0809. The van der Waals surface area contributed by atoms with E-state index in [2.05, 4.69) is 11.4 Å². The van der Waals surface area contributed by atoms with E-state index in [1.165, 1.54) is 17.7 Å². The van der Waals surface area contributed by atoms with Crippen molar-refractivity contribution >= 4 is 11.3 Å². The van der Waals surface area contributed by atoms with E-state index >= 15 is 0 Å². The molecule has 0 radical (unpaired) electrons. The van der Waals surface area contributed by atoms with Gasteiger partial charge in [-0.2, -0.15) is 5.26 Å². The molecule has 0 aromatic carbocycles. The number of hydrogen-bond donors (Lipinski definition) is 1. The quantitative estimate of drug-likeness (QED) is 0.889. The SMILES string of the molecule is N#Cc1ccc(CNC2CCOC2C2CC2)s1. The van der Waals surface area contributed by atoms with Crippen molar-refractivity contribution in [1.82, 2.24) is 5.32 Å². The molecular formula is C13H16N2OS. The number of hydrogen-bond acceptors (Lipinski definition) is 4. The van der Waals surface area contributed by atoms with E-state index in [0.29, 0.717) is 12.1 Å². The molecule has 17 heavy (non-hydrogen) atoms. The molecule has 2 fully saturated rings. The molecule has 2 unspecified atom stereocenters. The van der Waals surface area contributed by atoms with Gasteiger partial charge in [0.15, 0.2) is 0 Å². The van der Waals surface area contributed by atoms with Crippen LogP contribution in [0.15, 0.2) is 12.1 Å². The summed E-state index contributed by atoms with van der Waals surface area (Å²) in [5.41, 5.74) is 0. The van der Waals surface area contributed by atoms with Gasteiger partial charge in [-0.25, -0.2) is 0 Å². The summed E-state index contributed by atoms with van der Waals surface area (Å²) in [6, 6.07) is 6.62. The highest BCUT2D eigenvalue weighted by atomic mass is 32.1. The molecule has 2 aliphatic rings. The molecule has 1 aromatic heterocycles. The van der Waals surface area contributed by atoms with Crippen molar-refractivity contribution < 1.29 is 4.74 Å². The molecular weight excluding hydrogens is 232 g/mol. The molecule has 0 spiro atoms. The van der Waals surface area contributed by atoms with E-state index < -0.39 is 0 Å². The van der Waals surface area contributed by atoms with E-state index in [4.69, 9.17) is 10.00 Å². The molecule has 0 bridgehead atoms. The number of rotatable bonds is 4. The summed E-state index contributed by atoms with van der Waals surface area (Å²) >= 11 is 1.58. The van der Waals surface area contributed by atoms with Gasteiger partial charge in [-0.3, -0.25) is 0 Å². The molecule has 4 heteroatoms. The van der Waals surface area contributed by atoms with Crippen LogP contribution in [-0.2, 0) is 11.3 Å². The number of ether oxygens (including phenoxy) is 1. The minimum Gasteiger partial charge on any atom is -0.376 e. The summed E-state index contributed by atoms with van der Waals surface area (Å²) in [6.07, 6.45) is 4.23. The summed E-state index contributed by atoms with van der Waals surface area (Å²) in [6.45, 7) is 1.76. The molecule has 2 heterocycles. The maximum absolute atomic E-state index is 8.77. The Bertz CT molecular complexity index is 433. The van der Waals surface area contributed by atoms with Gasteiger partial charge in [0.05, 0.1) is 6.10 Å². The van der Waals surface area contributed by atoms with Crippen LogP contribution in [0.1, 0.15) is 29.0 Å². The van der Waals surface area contributed by atoms with E-state index in [0.717, 1.165) is 30.4 Å². The van der Waals surface area contributed by atoms with Gasteiger partial charge in [0, 0.05) is 24.1 Å². The molecule has 1 aromatic rings. The molecule has 1 aliphatic carbocycles. The normalized spacial score (nSPS) is 28.2. The molecule has 3 rings (SSSR count). The molecule has 0 amide bonds. The lowest BCUT2D eigenvalue weighted by Gasteiger charge is -2.18. The van der Waals surface area contributed by atoms with Crippen molar-refractivity contribution in [2.45, 2.75) is 38.0 Å². The molecule has 90 valence electrons. The fourth-order valence-corrected chi connectivity index (χ4v) is 3.24. The van der Waals surface area contributed by atoms with Crippen LogP contribution in [0.2, 0.25) is 0 Å². The van der Waals surface area contributed by atoms with Crippen LogP contribution in [-0.4, -0.2) is 18.8 Å². The summed E-state index contributed by atoms with van der Waals surface area (Å²) in [5.74, 6) is 0.799. The van der Waals surface area contributed by atoms with Crippen LogP contribution in [0.25, 0.3) is 0 Å². The minimum absolute atomic E-state index is 0.436.